The zero-order valence-corrected chi connectivity index (χ0v) is 19.6. The first-order chi connectivity index (χ1) is 16.2. The molecule has 2 aliphatic heterocycles. The van der Waals surface area contributed by atoms with Gasteiger partial charge in [0.1, 0.15) is 17.3 Å². The van der Waals surface area contributed by atoms with Crippen molar-refractivity contribution in [2.75, 3.05) is 13.1 Å². The molecular formula is C26H28N4O4. The molecule has 2 aliphatic rings. The fourth-order valence-electron chi connectivity index (χ4n) is 4.74. The van der Waals surface area contributed by atoms with Crippen molar-refractivity contribution in [3.05, 3.63) is 48.2 Å². The Morgan fingerprint density at radius 2 is 1.97 bits per heavy atom. The van der Waals surface area contributed by atoms with Crippen LogP contribution in [0.25, 0.3) is 27.5 Å². The van der Waals surface area contributed by atoms with Gasteiger partial charge in [0.15, 0.2) is 0 Å². The molecule has 1 fully saturated rings. The van der Waals surface area contributed by atoms with Crippen LogP contribution in [0.4, 0.5) is 4.79 Å². The van der Waals surface area contributed by atoms with E-state index >= 15 is 0 Å². The molecule has 0 aliphatic carbocycles. The smallest absolute Gasteiger partial charge is 0.410 e. The second kappa shape index (κ2) is 8.27. The van der Waals surface area contributed by atoms with Gasteiger partial charge < -0.3 is 14.2 Å². The third-order valence-electron chi connectivity index (χ3n) is 6.31. The first-order valence-corrected chi connectivity index (χ1v) is 11.6. The van der Waals surface area contributed by atoms with Crippen molar-refractivity contribution in [3.8, 4) is 0 Å². The van der Waals surface area contributed by atoms with Crippen molar-refractivity contribution in [3.63, 3.8) is 0 Å². The van der Waals surface area contributed by atoms with E-state index in [2.05, 4.69) is 28.5 Å². The van der Waals surface area contributed by atoms with Crippen LogP contribution in [0.5, 0.6) is 0 Å². The van der Waals surface area contributed by atoms with Crippen LogP contribution in [-0.4, -0.2) is 51.0 Å². The number of nitrogens with one attached hydrogen (secondary N) is 1. The molecule has 4 heterocycles. The van der Waals surface area contributed by atoms with Crippen LogP contribution in [0.15, 0.2) is 42.6 Å². The van der Waals surface area contributed by atoms with E-state index in [0.717, 1.165) is 33.9 Å². The zero-order valence-electron chi connectivity index (χ0n) is 19.6. The van der Waals surface area contributed by atoms with Crippen molar-refractivity contribution >= 4 is 45.4 Å². The quantitative estimate of drug-likeness (QED) is 0.579. The summed E-state index contributed by atoms with van der Waals surface area (Å²) >= 11 is 0. The first-order valence-electron chi connectivity index (χ1n) is 11.6. The van der Waals surface area contributed by atoms with Gasteiger partial charge in [-0.15, -0.1) is 0 Å². The molecule has 34 heavy (non-hydrogen) atoms. The Kier molecular flexibility index (Phi) is 5.38. The Labute approximate surface area is 197 Å². The number of fused-ring (bicyclic) bond motifs is 3. The van der Waals surface area contributed by atoms with Crippen LogP contribution in [0.1, 0.15) is 51.6 Å². The molecular weight excluding hydrogens is 432 g/mol. The predicted octanol–water partition coefficient (Wildman–Crippen LogP) is 4.19. The number of imide groups is 1. The number of amides is 3. The standard InChI is InChI=1S/C26H28N4O4/c1-26(2,3)34-25(33)29-13-10-16(11-14-29)17-6-7-20-19(15-17)18-5-4-12-27-23(18)30(20)21-8-9-22(31)28-24(21)32/h4-7,10,12,15,21H,8-9,11,13-14H2,1-3H3,(H,28,31,32). The minimum absolute atomic E-state index is 0.234. The highest BCUT2D eigenvalue weighted by atomic mass is 16.6. The number of hydrogen-bond donors (Lipinski definition) is 1. The second-order valence-electron chi connectivity index (χ2n) is 9.85. The summed E-state index contributed by atoms with van der Waals surface area (Å²) in [6.07, 6.45) is 4.99. The van der Waals surface area contributed by atoms with Gasteiger partial charge >= 0.3 is 6.09 Å². The lowest BCUT2D eigenvalue weighted by atomic mass is 9.98. The maximum Gasteiger partial charge on any atom is 0.410 e. The molecule has 1 N–H and O–H groups in total. The molecule has 8 nitrogen and oxygen atoms in total. The van der Waals surface area contributed by atoms with E-state index in [1.807, 2.05) is 43.5 Å². The first kappa shape index (κ1) is 22.1. The van der Waals surface area contributed by atoms with Crippen LogP contribution in [0, 0.1) is 0 Å². The molecule has 0 spiro atoms. The molecule has 176 valence electrons. The van der Waals surface area contributed by atoms with Crippen LogP contribution >= 0.6 is 0 Å². The average molecular weight is 461 g/mol. The van der Waals surface area contributed by atoms with Crippen molar-refractivity contribution in [1.29, 1.82) is 0 Å². The summed E-state index contributed by atoms with van der Waals surface area (Å²) in [6.45, 7) is 6.70. The Balaban J connectivity index is 1.49. The maximum atomic E-state index is 12.6. The Morgan fingerprint density at radius 1 is 1.15 bits per heavy atom. The van der Waals surface area contributed by atoms with Gasteiger partial charge in [0.05, 0.1) is 5.52 Å². The molecule has 8 heteroatoms. The van der Waals surface area contributed by atoms with Gasteiger partial charge in [-0.05, 0) is 69.0 Å². The molecule has 0 bridgehead atoms. The summed E-state index contributed by atoms with van der Waals surface area (Å²) in [4.78, 5) is 43.0. The van der Waals surface area contributed by atoms with Gasteiger partial charge in [-0.25, -0.2) is 9.78 Å². The number of benzene rings is 1. The molecule has 5 rings (SSSR count). The molecule has 2 aromatic heterocycles. The summed E-state index contributed by atoms with van der Waals surface area (Å²) < 4.78 is 7.45. The molecule has 1 unspecified atom stereocenters. The van der Waals surface area contributed by atoms with Crippen molar-refractivity contribution < 1.29 is 19.1 Å². The number of carbonyl (C=O) groups excluding carboxylic acids is 3. The van der Waals surface area contributed by atoms with E-state index in [1.165, 1.54) is 5.57 Å². The molecule has 3 amide bonds. The van der Waals surface area contributed by atoms with Crippen LogP contribution < -0.4 is 5.32 Å². The number of hydrogen-bond acceptors (Lipinski definition) is 5. The van der Waals surface area contributed by atoms with Crippen molar-refractivity contribution in [2.45, 2.75) is 51.7 Å². The number of rotatable bonds is 2. The zero-order chi connectivity index (χ0) is 24.0. The lowest BCUT2D eigenvalue weighted by molar-refractivity contribution is -0.135. The Morgan fingerprint density at radius 3 is 2.68 bits per heavy atom. The third-order valence-corrected chi connectivity index (χ3v) is 6.31. The number of ether oxygens (including phenoxy) is 1. The Hall–Kier alpha value is -3.68. The highest BCUT2D eigenvalue weighted by molar-refractivity contribution is 6.09. The van der Waals surface area contributed by atoms with Gasteiger partial charge in [-0.2, -0.15) is 0 Å². The van der Waals surface area contributed by atoms with E-state index in [1.54, 1.807) is 11.1 Å². The third kappa shape index (κ3) is 4.04. The van der Waals surface area contributed by atoms with E-state index < -0.39 is 11.6 Å². The van der Waals surface area contributed by atoms with Gasteiger partial charge in [-0.1, -0.05) is 12.1 Å². The number of pyridine rings is 1. The normalized spacial score (nSPS) is 19.3. The summed E-state index contributed by atoms with van der Waals surface area (Å²) in [5.41, 5.74) is 3.39. The largest absolute Gasteiger partial charge is 0.444 e. The molecule has 0 saturated carbocycles. The van der Waals surface area contributed by atoms with Crippen LogP contribution in [-0.2, 0) is 14.3 Å². The van der Waals surface area contributed by atoms with E-state index in [9.17, 15) is 14.4 Å². The highest BCUT2D eigenvalue weighted by Crippen LogP contribution is 2.35. The fourth-order valence-corrected chi connectivity index (χ4v) is 4.74. The second-order valence-corrected chi connectivity index (χ2v) is 9.85. The van der Waals surface area contributed by atoms with Crippen molar-refractivity contribution in [1.82, 2.24) is 19.8 Å². The minimum Gasteiger partial charge on any atom is -0.444 e. The molecule has 0 radical (unpaired) electrons. The Bertz CT molecular complexity index is 1350. The molecule has 3 aromatic rings. The fraction of sp³-hybridized carbons (Fsp3) is 0.385. The molecule has 1 atom stereocenters. The summed E-state index contributed by atoms with van der Waals surface area (Å²) in [6, 6.07) is 9.64. The number of carbonyl (C=O) groups is 3. The molecule has 1 saturated heterocycles. The summed E-state index contributed by atoms with van der Waals surface area (Å²) in [5, 5.41) is 4.44. The topological polar surface area (TPSA) is 93.5 Å². The average Bonchev–Trinajstić information content (AvgIpc) is 3.12. The van der Waals surface area contributed by atoms with Crippen molar-refractivity contribution in [2.24, 2.45) is 0 Å². The number of nitrogens with zero attached hydrogens (tertiary/aromatic N) is 3. The van der Waals surface area contributed by atoms with E-state index in [0.29, 0.717) is 25.9 Å². The summed E-state index contributed by atoms with van der Waals surface area (Å²) in [7, 11) is 0. The van der Waals surface area contributed by atoms with Gasteiger partial charge in [0.2, 0.25) is 11.8 Å². The predicted molar refractivity (Wildman–Crippen MR) is 129 cm³/mol. The highest BCUT2D eigenvalue weighted by Gasteiger charge is 2.31. The summed E-state index contributed by atoms with van der Waals surface area (Å²) in [5.74, 6) is -0.524. The van der Waals surface area contributed by atoms with Gasteiger partial charge in [0, 0.05) is 36.5 Å². The minimum atomic E-state index is -0.517. The number of aromatic nitrogens is 2. The number of piperidine rings is 1. The van der Waals surface area contributed by atoms with Crippen LogP contribution in [0.3, 0.4) is 0 Å². The van der Waals surface area contributed by atoms with E-state index in [4.69, 9.17) is 4.74 Å². The molecule has 1 aromatic carbocycles. The van der Waals surface area contributed by atoms with Crippen LogP contribution in [0.2, 0.25) is 0 Å². The van der Waals surface area contributed by atoms with Gasteiger partial charge in [0.25, 0.3) is 0 Å². The maximum absolute atomic E-state index is 12.6. The monoisotopic (exact) mass is 460 g/mol. The lowest BCUT2D eigenvalue weighted by Gasteiger charge is -2.29. The van der Waals surface area contributed by atoms with Gasteiger partial charge in [-0.3, -0.25) is 14.9 Å². The lowest BCUT2D eigenvalue weighted by Crippen LogP contribution is -2.41. The SMILES string of the molecule is CC(C)(C)OC(=O)N1CC=C(c2ccc3c(c2)c2cccnc2n3C2CCC(=O)NC2=O)CC1. The van der Waals surface area contributed by atoms with E-state index in [-0.39, 0.29) is 17.9 Å².